The standard InChI is InChI=1S/C17H14FNO2S2/c1-11-7-13(5-6-19-11)15-10-22-9-14(15)12-3-4-17(16(18)8-12)23(2,20)21/h3-10H,1-2H3. The summed E-state index contributed by atoms with van der Waals surface area (Å²) in [6.07, 6.45) is 2.74. The van der Waals surface area contributed by atoms with Crippen molar-refractivity contribution in [1.29, 1.82) is 0 Å². The van der Waals surface area contributed by atoms with Gasteiger partial charge in [0.1, 0.15) is 10.7 Å². The van der Waals surface area contributed by atoms with Gasteiger partial charge in [-0.15, -0.1) is 0 Å². The lowest BCUT2D eigenvalue weighted by atomic mass is 9.99. The molecule has 2 heterocycles. The van der Waals surface area contributed by atoms with Crippen LogP contribution in [0.2, 0.25) is 0 Å². The van der Waals surface area contributed by atoms with E-state index in [2.05, 4.69) is 4.98 Å². The number of halogens is 1. The van der Waals surface area contributed by atoms with Crippen molar-refractivity contribution in [2.45, 2.75) is 11.8 Å². The van der Waals surface area contributed by atoms with E-state index < -0.39 is 15.7 Å². The number of hydrogen-bond donors (Lipinski definition) is 0. The lowest BCUT2D eigenvalue weighted by Crippen LogP contribution is -2.00. The zero-order valence-corrected chi connectivity index (χ0v) is 14.2. The van der Waals surface area contributed by atoms with Crippen LogP contribution >= 0.6 is 11.3 Å². The quantitative estimate of drug-likeness (QED) is 0.708. The summed E-state index contributed by atoms with van der Waals surface area (Å²) in [4.78, 5) is 3.90. The van der Waals surface area contributed by atoms with Gasteiger partial charge < -0.3 is 0 Å². The predicted molar refractivity (Wildman–Crippen MR) is 90.8 cm³/mol. The van der Waals surface area contributed by atoms with Crippen LogP contribution in [0.4, 0.5) is 4.39 Å². The molecule has 23 heavy (non-hydrogen) atoms. The van der Waals surface area contributed by atoms with Crippen LogP contribution in [0, 0.1) is 12.7 Å². The van der Waals surface area contributed by atoms with Gasteiger partial charge in [0.2, 0.25) is 0 Å². The molecule has 0 spiro atoms. The number of pyridine rings is 1. The third kappa shape index (κ3) is 3.18. The van der Waals surface area contributed by atoms with Gasteiger partial charge in [-0.2, -0.15) is 11.3 Å². The van der Waals surface area contributed by atoms with E-state index in [9.17, 15) is 12.8 Å². The molecule has 1 aromatic carbocycles. The van der Waals surface area contributed by atoms with E-state index in [1.54, 1.807) is 12.3 Å². The fourth-order valence-corrected chi connectivity index (χ4v) is 4.02. The van der Waals surface area contributed by atoms with Gasteiger partial charge in [-0.1, -0.05) is 6.07 Å². The summed E-state index contributed by atoms with van der Waals surface area (Å²) in [7, 11) is -3.57. The van der Waals surface area contributed by atoms with Crippen molar-refractivity contribution in [3.8, 4) is 22.3 Å². The summed E-state index contributed by atoms with van der Waals surface area (Å²) < 4.78 is 37.2. The Morgan fingerprint density at radius 1 is 1.04 bits per heavy atom. The molecule has 3 aromatic rings. The van der Waals surface area contributed by atoms with Gasteiger partial charge in [-0.3, -0.25) is 4.98 Å². The summed E-state index contributed by atoms with van der Waals surface area (Å²) in [5.74, 6) is -0.729. The Kier molecular flexibility index (Phi) is 4.04. The summed E-state index contributed by atoms with van der Waals surface area (Å²) in [6, 6.07) is 8.10. The van der Waals surface area contributed by atoms with Crippen LogP contribution in [0.25, 0.3) is 22.3 Å². The molecule has 118 valence electrons. The number of aromatic nitrogens is 1. The molecule has 0 unspecified atom stereocenters. The average molecular weight is 347 g/mol. The minimum atomic E-state index is -3.57. The van der Waals surface area contributed by atoms with Gasteiger partial charge in [-0.25, -0.2) is 12.8 Å². The monoisotopic (exact) mass is 347 g/mol. The molecule has 0 atom stereocenters. The predicted octanol–water partition coefficient (Wildman–Crippen LogP) is 4.33. The van der Waals surface area contributed by atoms with Crippen molar-refractivity contribution in [2.75, 3.05) is 6.26 Å². The van der Waals surface area contributed by atoms with Gasteiger partial charge in [0.15, 0.2) is 9.84 Å². The number of sulfone groups is 1. The van der Waals surface area contributed by atoms with Crippen LogP contribution in [0.3, 0.4) is 0 Å². The average Bonchev–Trinajstić information content (AvgIpc) is 2.95. The normalized spacial score (nSPS) is 11.6. The van der Waals surface area contributed by atoms with E-state index in [1.807, 2.05) is 29.8 Å². The topological polar surface area (TPSA) is 47.0 Å². The van der Waals surface area contributed by atoms with Gasteiger partial charge in [0.25, 0.3) is 0 Å². The Bertz CT molecular complexity index is 978. The summed E-state index contributed by atoms with van der Waals surface area (Å²) in [5, 5.41) is 3.92. The highest BCUT2D eigenvalue weighted by molar-refractivity contribution is 7.90. The highest BCUT2D eigenvalue weighted by Crippen LogP contribution is 2.36. The number of nitrogens with zero attached hydrogens (tertiary/aromatic N) is 1. The molecule has 0 aliphatic carbocycles. The van der Waals surface area contributed by atoms with Crippen LogP contribution in [-0.2, 0) is 9.84 Å². The van der Waals surface area contributed by atoms with E-state index in [1.165, 1.54) is 23.5 Å². The first kappa shape index (κ1) is 15.8. The molecule has 0 aliphatic heterocycles. The molecule has 0 fully saturated rings. The van der Waals surface area contributed by atoms with E-state index >= 15 is 0 Å². The van der Waals surface area contributed by atoms with Gasteiger partial charge in [0, 0.05) is 29.3 Å². The van der Waals surface area contributed by atoms with Crippen LogP contribution < -0.4 is 0 Å². The molecule has 3 rings (SSSR count). The van der Waals surface area contributed by atoms with Crippen molar-refractivity contribution < 1.29 is 12.8 Å². The Balaban J connectivity index is 2.11. The van der Waals surface area contributed by atoms with Crippen LogP contribution in [0.5, 0.6) is 0 Å². The number of hydrogen-bond acceptors (Lipinski definition) is 4. The fraction of sp³-hybridized carbons (Fsp3) is 0.118. The van der Waals surface area contributed by atoms with Crippen molar-refractivity contribution in [3.05, 3.63) is 58.8 Å². The van der Waals surface area contributed by atoms with E-state index in [0.717, 1.165) is 28.6 Å². The van der Waals surface area contributed by atoms with Crippen LogP contribution in [0.1, 0.15) is 5.69 Å². The molecule has 0 N–H and O–H groups in total. The molecule has 0 aliphatic rings. The number of thiophene rings is 1. The summed E-state index contributed by atoms with van der Waals surface area (Å²) in [6.45, 7) is 1.91. The lowest BCUT2D eigenvalue weighted by molar-refractivity contribution is 0.571. The third-order valence-corrected chi connectivity index (χ3v) is 5.39. The largest absolute Gasteiger partial charge is 0.262 e. The Hall–Kier alpha value is -2.05. The maximum Gasteiger partial charge on any atom is 0.178 e. The maximum atomic E-state index is 14.2. The minimum Gasteiger partial charge on any atom is -0.262 e. The van der Waals surface area contributed by atoms with Crippen molar-refractivity contribution in [3.63, 3.8) is 0 Å². The zero-order chi connectivity index (χ0) is 16.6. The Labute approximate surface area is 138 Å². The molecule has 2 aromatic heterocycles. The summed E-state index contributed by atoms with van der Waals surface area (Å²) in [5.41, 5.74) is 4.41. The SMILES string of the molecule is Cc1cc(-c2cscc2-c2ccc(S(C)(=O)=O)c(F)c2)ccn1. The Morgan fingerprint density at radius 2 is 1.70 bits per heavy atom. The van der Waals surface area contributed by atoms with Crippen molar-refractivity contribution in [2.24, 2.45) is 0 Å². The van der Waals surface area contributed by atoms with Gasteiger partial charge in [0.05, 0.1) is 0 Å². The van der Waals surface area contributed by atoms with Crippen LogP contribution in [-0.4, -0.2) is 19.7 Å². The number of benzene rings is 1. The number of aryl methyl sites for hydroxylation is 1. The zero-order valence-electron chi connectivity index (χ0n) is 12.6. The van der Waals surface area contributed by atoms with Crippen LogP contribution in [0.15, 0.2) is 52.2 Å². The molecule has 0 amide bonds. The van der Waals surface area contributed by atoms with Gasteiger partial charge in [-0.05, 0) is 53.1 Å². The second kappa shape index (κ2) is 5.86. The van der Waals surface area contributed by atoms with E-state index in [4.69, 9.17) is 0 Å². The first-order valence-electron chi connectivity index (χ1n) is 6.85. The third-order valence-electron chi connectivity index (χ3n) is 3.51. The second-order valence-corrected chi connectivity index (χ2v) is 8.03. The molecule has 0 saturated heterocycles. The number of rotatable bonds is 3. The molecule has 3 nitrogen and oxygen atoms in total. The van der Waals surface area contributed by atoms with E-state index in [0.29, 0.717) is 5.56 Å². The molecular weight excluding hydrogens is 333 g/mol. The second-order valence-electron chi connectivity index (χ2n) is 5.30. The van der Waals surface area contributed by atoms with E-state index in [-0.39, 0.29) is 4.90 Å². The summed E-state index contributed by atoms with van der Waals surface area (Å²) >= 11 is 1.52. The first-order chi connectivity index (χ1) is 10.9. The Morgan fingerprint density at radius 3 is 2.26 bits per heavy atom. The molecular formula is C17H14FNO2S2. The highest BCUT2D eigenvalue weighted by Gasteiger charge is 2.16. The lowest BCUT2D eigenvalue weighted by Gasteiger charge is -2.07. The van der Waals surface area contributed by atoms with Gasteiger partial charge >= 0.3 is 0 Å². The molecule has 6 heteroatoms. The molecule has 0 radical (unpaired) electrons. The maximum absolute atomic E-state index is 14.2. The molecule has 0 bridgehead atoms. The first-order valence-corrected chi connectivity index (χ1v) is 9.69. The highest BCUT2D eigenvalue weighted by atomic mass is 32.2. The van der Waals surface area contributed by atoms with Crippen molar-refractivity contribution in [1.82, 2.24) is 4.98 Å². The smallest absolute Gasteiger partial charge is 0.178 e. The molecule has 0 saturated carbocycles. The van der Waals surface area contributed by atoms with Crippen molar-refractivity contribution >= 4 is 21.2 Å². The minimum absolute atomic E-state index is 0.280. The fourth-order valence-electron chi connectivity index (χ4n) is 2.43.